The van der Waals surface area contributed by atoms with E-state index in [4.69, 9.17) is 13.9 Å². The summed E-state index contributed by atoms with van der Waals surface area (Å²) in [4.78, 5) is 11.9. The summed E-state index contributed by atoms with van der Waals surface area (Å²) in [6.45, 7) is 5.81. The molecule has 2 aromatic carbocycles. The number of methoxy groups -OCH3 is 2. The lowest BCUT2D eigenvalue weighted by Gasteiger charge is -2.12. The number of rotatable bonds is 3. The van der Waals surface area contributed by atoms with Crippen molar-refractivity contribution in [2.24, 2.45) is 0 Å². The van der Waals surface area contributed by atoms with Crippen LogP contribution in [-0.4, -0.2) is 19.3 Å². The average molecular weight is 342 g/mol. The highest BCUT2D eigenvalue weighted by atomic mass is 16.5. The molecule has 0 fully saturated rings. The SMILES string of the molecule is CC.COc1cc(OC)c2c(-c3ccc(C)c(O)c3)cc(=O)oc2c1. The number of phenols is 1. The third-order valence-electron chi connectivity index (χ3n) is 3.76. The van der Waals surface area contributed by atoms with E-state index in [1.165, 1.54) is 20.3 Å². The van der Waals surface area contributed by atoms with Crippen molar-refractivity contribution < 1.29 is 19.0 Å². The Kier molecular flexibility index (Phi) is 5.70. The Balaban J connectivity index is 0.00000109. The van der Waals surface area contributed by atoms with Crippen LogP contribution in [0.3, 0.4) is 0 Å². The standard InChI is InChI=1S/C18H16O5.C2H6/c1-10-4-5-11(6-14(10)19)13-9-17(20)23-16-8-12(21-2)7-15(22-3)18(13)16;1-2/h4-9,19H,1-3H3;1-2H3. The van der Waals surface area contributed by atoms with E-state index in [2.05, 4.69) is 0 Å². The van der Waals surface area contributed by atoms with Crippen molar-refractivity contribution in [2.75, 3.05) is 14.2 Å². The van der Waals surface area contributed by atoms with E-state index >= 15 is 0 Å². The van der Waals surface area contributed by atoms with Crippen molar-refractivity contribution in [3.05, 3.63) is 52.4 Å². The molecule has 1 aromatic heterocycles. The second-order valence-electron chi connectivity index (χ2n) is 5.18. The van der Waals surface area contributed by atoms with Gasteiger partial charge in [-0.05, 0) is 24.1 Å². The van der Waals surface area contributed by atoms with Gasteiger partial charge in [0.2, 0.25) is 0 Å². The maximum Gasteiger partial charge on any atom is 0.336 e. The van der Waals surface area contributed by atoms with Gasteiger partial charge in [-0.15, -0.1) is 0 Å². The highest BCUT2D eigenvalue weighted by Crippen LogP contribution is 2.38. The molecule has 3 rings (SSSR count). The van der Waals surface area contributed by atoms with Gasteiger partial charge in [0.05, 0.1) is 19.6 Å². The van der Waals surface area contributed by atoms with Crippen LogP contribution in [0, 0.1) is 6.92 Å². The van der Waals surface area contributed by atoms with Crippen LogP contribution < -0.4 is 15.1 Å². The van der Waals surface area contributed by atoms with Crippen molar-refractivity contribution in [3.8, 4) is 28.4 Å². The van der Waals surface area contributed by atoms with Crippen LogP contribution in [0.5, 0.6) is 17.2 Å². The number of ether oxygens (including phenoxy) is 2. The van der Waals surface area contributed by atoms with Crippen LogP contribution >= 0.6 is 0 Å². The molecule has 0 aliphatic heterocycles. The average Bonchev–Trinajstić information content (AvgIpc) is 2.63. The number of hydrogen-bond acceptors (Lipinski definition) is 5. The summed E-state index contributed by atoms with van der Waals surface area (Å²) in [5.41, 5.74) is 1.97. The van der Waals surface area contributed by atoms with E-state index < -0.39 is 5.63 Å². The molecule has 0 bridgehead atoms. The van der Waals surface area contributed by atoms with Crippen LogP contribution in [0.25, 0.3) is 22.1 Å². The van der Waals surface area contributed by atoms with E-state index in [1.807, 2.05) is 26.8 Å². The zero-order chi connectivity index (χ0) is 18.6. The van der Waals surface area contributed by atoms with Gasteiger partial charge in [-0.3, -0.25) is 0 Å². The molecule has 0 amide bonds. The Morgan fingerprint density at radius 2 is 1.72 bits per heavy atom. The van der Waals surface area contributed by atoms with Crippen molar-refractivity contribution in [1.82, 2.24) is 0 Å². The molecule has 0 saturated heterocycles. The highest BCUT2D eigenvalue weighted by Gasteiger charge is 2.15. The molecule has 5 heteroatoms. The zero-order valence-electron chi connectivity index (χ0n) is 15.0. The second-order valence-corrected chi connectivity index (χ2v) is 5.18. The maximum absolute atomic E-state index is 11.9. The van der Waals surface area contributed by atoms with Gasteiger partial charge in [0, 0.05) is 23.8 Å². The number of aryl methyl sites for hydroxylation is 1. The van der Waals surface area contributed by atoms with E-state index in [1.54, 1.807) is 24.3 Å². The molecular formula is C20H22O5. The molecule has 0 radical (unpaired) electrons. The van der Waals surface area contributed by atoms with Gasteiger partial charge < -0.3 is 19.0 Å². The first kappa shape index (κ1) is 18.4. The normalized spacial score (nSPS) is 10.1. The minimum Gasteiger partial charge on any atom is -0.508 e. The first-order valence-electron chi connectivity index (χ1n) is 8.03. The Bertz CT molecular complexity index is 941. The Hall–Kier alpha value is -2.95. The van der Waals surface area contributed by atoms with E-state index in [0.717, 1.165) is 5.56 Å². The Labute approximate surface area is 146 Å². The summed E-state index contributed by atoms with van der Waals surface area (Å²) >= 11 is 0. The first-order valence-corrected chi connectivity index (χ1v) is 8.03. The van der Waals surface area contributed by atoms with Gasteiger partial charge in [0.1, 0.15) is 22.8 Å². The maximum atomic E-state index is 11.9. The third-order valence-corrected chi connectivity index (χ3v) is 3.76. The lowest BCUT2D eigenvalue weighted by molar-refractivity contribution is 0.396. The second kappa shape index (κ2) is 7.75. The van der Waals surface area contributed by atoms with Gasteiger partial charge in [0.15, 0.2) is 0 Å². The summed E-state index contributed by atoms with van der Waals surface area (Å²) in [5, 5.41) is 10.6. The van der Waals surface area contributed by atoms with Crippen molar-refractivity contribution in [1.29, 1.82) is 0 Å². The predicted octanol–water partition coefficient (Wildman–Crippen LogP) is 4.52. The summed E-state index contributed by atoms with van der Waals surface area (Å²) in [7, 11) is 3.07. The zero-order valence-corrected chi connectivity index (χ0v) is 15.0. The number of aromatic hydroxyl groups is 1. The molecule has 0 saturated carbocycles. The van der Waals surface area contributed by atoms with Crippen molar-refractivity contribution in [2.45, 2.75) is 20.8 Å². The number of benzene rings is 2. The lowest BCUT2D eigenvalue weighted by Crippen LogP contribution is -2.00. The van der Waals surface area contributed by atoms with Gasteiger partial charge in [-0.25, -0.2) is 4.79 Å². The van der Waals surface area contributed by atoms with Gasteiger partial charge in [-0.2, -0.15) is 0 Å². The molecule has 0 aliphatic carbocycles. The monoisotopic (exact) mass is 342 g/mol. The number of fused-ring (bicyclic) bond motifs is 1. The molecule has 0 unspecified atom stereocenters. The summed E-state index contributed by atoms with van der Waals surface area (Å²) in [5.74, 6) is 1.22. The summed E-state index contributed by atoms with van der Waals surface area (Å²) < 4.78 is 15.9. The molecule has 1 N–H and O–H groups in total. The number of phenolic OH excluding ortho intramolecular Hbond substituents is 1. The highest BCUT2D eigenvalue weighted by molar-refractivity contribution is 5.98. The van der Waals surface area contributed by atoms with Crippen LogP contribution in [0.2, 0.25) is 0 Å². The Morgan fingerprint density at radius 1 is 1.00 bits per heavy atom. The van der Waals surface area contributed by atoms with Gasteiger partial charge in [-0.1, -0.05) is 26.0 Å². The molecule has 5 nitrogen and oxygen atoms in total. The van der Waals surface area contributed by atoms with Crippen LogP contribution in [0.15, 0.2) is 45.6 Å². The fourth-order valence-corrected chi connectivity index (χ4v) is 2.52. The quantitative estimate of drug-likeness (QED) is 0.709. The molecule has 0 spiro atoms. The van der Waals surface area contributed by atoms with Crippen LogP contribution in [0.4, 0.5) is 0 Å². The molecule has 25 heavy (non-hydrogen) atoms. The Morgan fingerprint density at radius 3 is 2.32 bits per heavy atom. The summed E-state index contributed by atoms with van der Waals surface area (Å²) in [6, 6.07) is 10.00. The fourth-order valence-electron chi connectivity index (χ4n) is 2.52. The minimum atomic E-state index is -0.483. The van der Waals surface area contributed by atoms with Gasteiger partial charge >= 0.3 is 5.63 Å². The fraction of sp³-hybridized carbons (Fsp3) is 0.250. The van der Waals surface area contributed by atoms with Gasteiger partial charge in [0.25, 0.3) is 0 Å². The lowest BCUT2D eigenvalue weighted by atomic mass is 9.99. The molecular weight excluding hydrogens is 320 g/mol. The van der Waals surface area contributed by atoms with Crippen molar-refractivity contribution >= 4 is 11.0 Å². The predicted molar refractivity (Wildman–Crippen MR) is 98.8 cm³/mol. The molecule has 0 aliphatic rings. The first-order chi connectivity index (χ1) is 12.0. The minimum absolute atomic E-state index is 0.163. The smallest absolute Gasteiger partial charge is 0.336 e. The molecule has 3 aromatic rings. The van der Waals surface area contributed by atoms with Crippen LogP contribution in [0.1, 0.15) is 19.4 Å². The van der Waals surface area contributed by atoms with E-state index in [0.29, 0.717) is 33.6 Å². The van der Waals surface area contributed by atoms with E-state index in [9.17, 15) is 9.90 Å². The molecule has 0 atom stereocenters. The topological polar surface area (TPSA) is 68.9 Å². The largest absolute Gasteiger partial charge is 0.508 e. The van der Waals surface area contributed by atoms with Crippen molar-refractivity contribution in [3.63, 3.8) is 0 Å². The molecule has 132 valence electrons. The van der Waals surface area contributed by atoms with E-state index in [-0.39, 0.29) is 5.75 Å². The number of hydrogen-bond donors (Lipinski definition) is 1. The summed E-state index contributed by atoms with van der Waals surface area (Å²) in [6.07, 6.45) is 0. The van der Waals surface area contributed by atoms with Crippen LogP contribution in [-0.2, 0) is 0 Å². The molecule has 1 heterocycles. The third kappa shape index (κ3) is 3.60.